The van der Waals surface area contributed by atoms with Gasteiger partial charge in [-0.3, -0.25) is 14.4 Å². The maximum atomic E-state index is 13.0. The van der Waals surface area contributed by atoms with Crippen LogP contribution in [0.5, 0.6) is 0 Å². The van der Waals surface area contributed by atoms with E-state index < -0.39 is 32.2 Å². The van der Waals surface area contributed by atoms with Crippen molar-refractivity contribution in [2.45, 2.75) is 50.5 Å². The number of benzene rings is 1. The average Bonchev–Trinajstić information content (AvgIpc) is 2.67. The van der Waals surface area contributed by atoms with Gasteiger partial charge in [-0.05, 0) is 50.8 Å². The molecule has 1 saturated heterocycles. The van der Waals surface area contributed by atoms with Crippen molar-refractivity contribution in [1.29, 1.82) is 0 Å². The number of esters is 1. The van der Waals surface area contributed by atoms with Gasteiger partial charge in [-0.1, -0.05) is 42.9 Å². The first-order valence-electron chi connectivity index (χ1n) is 10.2. The number of ether oxygens (including phenoxy) is 1. The Balaban J connectivity index is 2.19. The zero-order chi connectivity index (χ0) is 23.3. The monoisotopic (exact) mass is 483 g/mol. The summed E-state index contributed by atoms with van der Waals surface area (Å²) >= 11 is 7.02. The summed E-state index contributed by atoms with van der Waals surface area (Å²) in [6, 6.07) is 6.57. The van der Waals surface area contributed by atoms with Crippen molar-refractivity contribution in [3.63, 3.8) is 0 Å². The van der Waals surface area contributed by atoms with Gasteiger partial charge in [0.05, 0.1) is 18.1 Å². The average molecular weight is 484 g/mol. The lowest BCUT2D eigenvalue weighted by molar-refractivity contribution is -0.173. The highest BCUT2D eigenvalue weighted by Gasteiger charge is 2.55. The number of carbonyl (C=O) groups is 3. The molecule has 1 heterocycles. The number of nitrogens with zero attached hydrogens (tertiary/aromatic N) is 1. The summed E-state index contributed by atoms with van der Waals surface area (Å²) in [4.78, 5) is 40.3. The van der Waals surface area contributed by atoms with E-state index in [1.54, 1.807) is 31.2 Å². The Kier molecular flexibility index (Phi) is 8.94. The molecule has 170 valence electrons. The third-order valence-electron chi connectivity index (χ3n) is 4.92. The molecule has 1 aromatic rings. The molecule has 1 fully saturated rings. The first-order valence-corrected chi connectivity index (χ1v) is 14.8. The summed E-state index contributed by atoms with van der Waals surface area (Å²) in [5.74, 6) is -1.70. The van der Waals surface area contributed by atoms with E-state index in [0.717, 1.165) is 16.7 Å². The van der Waals surface area contributed by atoms with Crippen molar-refractivity contribution < 1.29 is 23.5 Å². The van der Waals surface area contributed by atoms with Gasteiger partial charge in [-0.25, -0.2) is 0 Å². The Bertz CT molecular complexity index is 826. The Morgan fingerprint density at radius 2 is 1.87 bits per heavy atom. The molecule has 2 rings (SSSR count). The van der Waals surface area contributed by atoms with Gasteiger partial charge in [0.1, 0.15) is 13.2 Å². The molecule has 4 atom stereocenters. The van der Waals surface area contributed by atoms with Crippen molar-refractivity contribution in [2.75, 3.05) is 13.2 Å². The van der Waals surface area contributed by atoms with E-state index in [4.69, 9.17) is 20.8 Å². The fourth-order valence-corrected chi connectivity index (χ4v) is 5.88. The van der Waals surface area contributed by atoms with Crippen LogP contribution in [0.15, 0.2) is 41.8 Å². The lowest BCUT2D eigenvalue weighted by Crippen LogP contribution is -2.68. The highest BCUT2D eigenvalue weighted by Crippen LogP contribution is 2.39. The third-order valence-corrected chi connectivity index (χ3v) is 7.33. The van der Waals surface area contributed by atoms with Crippen LogP contribution in [0.1, 0.15) is 13.8 Å². The van der Waals surface area contributed by atoms with E-state index in [0.29, 0.717) is 5.02 Å². The van der Waals surface area contributed by atoms with Crippen molar-refractivity contribution in [3.8, 4) is 0 Å². The summed E-state index contributed by atoms with van der Waals surface area (Å²) in [5, 5.41) is 0.505. The molecule has 6 nitrogen and oxygen atoms in total. The molecule has 0 aromatic heterocycles. The molecule has 0 spiro atoms. The first-order chi connectivity index (χ1) is 14.4. The van der Waals surface area contributed by atoms with Crippen LogP contribution in [-0.2, 0) is 23.5 Å². The molecular formula is C22H30ClNO5SSi. The molecule has 31 heavy (non-hydrogen) atoms. The van der Waals surface area contributed by atoms with Crippen molar-refractivity contribution in [1.82, 2.24) is 4.90 Å². The van der Waals surface area contributed by atoms with E-state index in [1.807, 2.05) is 6.92 Å². The largest absolute Gasteiger partial charge is 0.460 e. The predicted octanol–water partition coefficient (Wildman–Crippen LogP) is 4.39. The Morgan fingerprint density at radius 1 is 1.26 bits per heavy atom. The lowest BCUT2D eigenvalue weighted by Gasteiger charge is -2.51. The molecule has 0 aliphatic carbocycles. The zero-order valence-corrected chi connectivity index (χ0v) is 21.2. The van der Waals surface area contributed by atoms with E-state index >= 15 is 0 Å². The number of hydrogen-bond donors (Lipinski definition) is 0. The standard InChI is InChI=1S/C22H30ClNO5SSi/c1-7-12-28-18(25)13-24-20(19(21(24)26)15(3)29-31(4,5)6)14(2)22(27)30-17-10-8-16(23)9-11-17/h7-11,14-15,19-20H,1,12-13H2,2-6H3/t14-,15-,19-,20-/m1/s1. The molecule has 0 bridgehead atoms. The summed E-state index contributed by atoms with van der Waals surface area (Å²) in [7, 11) is -1.90. The maximum absolute atomic E-state index is 13.0. The van der Waals surface area contributed by atoms with Crippen LogP contribution in [0.3, 0.4) is 0 Å². The van der Waals surface area contributed by atoms with E-state index in [9.17, 15) is 14.4 Å². The van der Waals surface area contributed by atoms with Crippen LogP contribution in [0.2, 0.25) is 24.7 Å². The molecule has 1 aliphatic heterocycles. The van der Waals surface area contributed by atoms with Crippen LogP contribution >= 0.6 is 23.4 Å². The number of hydrogen-bond acceptors (Lipinski definition) is 6. The number of thioether (sulfide) groups is 1. The molecule has 1 amide bonds. The summed E-state index contributed by atoms with van der Waals surface area (Å²) in [5.41, 5.74) is 0. The number of β-lactam (4-membered cyclic amide) rings is 1. The summed E-state index contributed by atoms with van der Waals surface area (Å²) in [6.07, 6.45) is 1.12. The fraction of sp³-hybridized carbons (Fsp3) is 0.500. The predicted molar refractivity (Wildman–Crippen MR) is 126 cm³/mol. The molecule has 0 saturated carbocycles. The van der Waals surface area contributed by atoms with E-state index in [-0.39, 0.29) is 30.3 Å². The fourth-order valence-electron chi connectivity index (χ4n) is 3.66. The van der Waals surface area contributed by atoms with E-state index in [1.165, 1.54) is 11.0 Å². The van der Waals surface area contributed by atoms with Gasteiger partial charge in [-0.15, -0.1) is 0 Å². The van der Waals surface area contributed by atoms with Crippen molar-refractivity contribution >= 4 is 48.7 Å². The quantitative estimate of drug-likeness (QED) is 0.161. The van der Waals surface area contributed by atoms with E-state index in [2.05, 4.69) is 26.2 Å². The minimum Gasteiger partial charge on any atom is -0.460 e. The summed E-state index contributed by atoms with van der Waals surface area (Å²) in [6.45, 7) is 13.2. The molecule has 0 radical (unpaired) electrons. The molecule has 1 aromatic carbocycles. The minimum absolute atomic E-state index is 0.0744. The van der Waals surface area contributed by atoms with Crippen molar-refractivity contribution in [3.05, 3.63) is 41.9 Å². The SMILES string of the molecule is C=CCOC(=O)CN1C(=O)[C@H]([C@@H](C)O[Si](C)(C)C)[C@H]1[C@@H](C)C(=O)Sc1ccc(Cl)cc1. The lowest BCUT2D eigenvalue weighted by atomic mass is 9.77. The topological polar surface area (TPSA) is 72.9 Å². The minimum atomic E-state index is -1.90. The van der Waals surface area contributed by atoms with Gasteiger partial charge in [0.25, 0.3) is 0 Å². The molecule has 1 aliphatic rings. The molecular weight excluding hydrogens is 454 g/mol. The highest BCUT2D eigenvalue weighted by molar-refractivity contribution is 8.13. The second-order valence-corrected chi connectivity index (χ2v) is 14.5. The second-order valence-electron chi connectivity index (χ2n) is 8.55. The molecule has 0 N–H and O–H groups in total. The number of halogens is 1. The second kappa shape index (κ2) is 10.8. The van der Waals surface area contributed by atoms with Gasteiger partial charge in [0.15, 0.2) is 13.4 Å². The van der Waals surface area contributed by atoms with Crippen LogP contribution < -0.4 is 0 Å². The van der Waals surface area contributed by atoms with Gasteiger partial charge in [0, 0.05) is 15.8 Å². The van der Waals surface area contributed by atoms with Crippen molar-refractivity contribution in [2.24, 2.45) is 11.8 Å². The van der Waals surface area contributed by atoms with Crippen LogP contribution in [-0.4, -0.2) is 55.5 Å². The Hall–Kier alpha value is -1.61. The number of carbonyl (C=O) groups excluding carboxylic acids is 3. The van der Waals surface area contributed by atoms with Gasteiger partial charge in [0.2, 0.25) is 5.91 Å². The van der Waals surface area contributed by atoms with Crippen LogP contribution in [0.25, 0.3) is 0 Å². The molecule has 9 heteroatoms. The number of likely N-dealkylation sites (tertiary alicyclic amines) is 1. The zero-order valence-electron chi connectivity index (χ0n) is 18.6. The third kappa shape index (κ3) is 6.93. The Labute approximate surface area is 194 Å². The maximum Gasteiger partial charge on any atom is 0.325 e. The number of amides is 1. The highest BCUT2D eigenvalue weighted by atomic mass is 35.5. The first kappa shape index (κ1) is 25.6. The Morgan fingerprint density at radius 3 is 2.42 bits per heavy atom. The number of rotatable bonds is 10. The molecule has 0 unspecified atom stereocenters. The van der Waals surface area contributed by atoms with Gasteiger partial charge < -0.3 is 14.1 Å². The van der Waals surface area contributed by atoms with Gasteiger partial charge >= 0.3 is 5.97 Å². The van der Waals surface area contributed by atoms with Crippen LogP contribution in [0.4, 0.5) is 0 Å². The smallest absolute Gasteiger partial charge is 0.325 e. The van der Waals surface area contributed by atoms with Crippen LogP contribution in [0, 0.1) is 11.8 Å². The summed E-state index contributed by atoms with van der Waals surface area (Å²) < 4.78 is 11.2. The van der Waals surface area contributed by atoms with Gasteiger partial charge in [-0.2, -0.15) is 0 Å². The normalized spacial score (nSPS) is 20.6.